The number of nitrogens with zero attached hydrogens (tertiary/aromatic N) is 2. The Hall–Kier alpha value is -1.88. The Morgan fingerprint density at radius 1 is 1.38 bits per heavy atom. The molecule has 0 radical (unpaired) electrons. The fraction of sp³-hybridized carbons (Fsp3) is 0.579. The Labute approximate surface area is 143 Å². The highest BCUT2D eigenvalue weighted by Crippen LogP contribution is 2.28. The lowest BCUT2D eigenvalue weighted by atomic mass is 9.97. The second kappa shape index (κ2) is 7.34. The fourth-order valence-corrected chi connectivity index (χ4v) is 3.75. The van der Waals surface area contributed by atoms with E-state index in [1.807, 2.05) is 26.1 Å². The number of likely N-dealkylation sites (tertiary alicyclic amines) is 1. The Kier molecular flexibility index (Phi) is 5.19. The number of fused-ring (bicyclic) bond motifs is 1. The molecule has 2 atom stereocenters. The third-order valence-corrected chi connectivity index (χ3v) is 5.07. The molecule has 0 N–H and O–H groups in total. The van der Waals surface area contributed by atoms with Crippen LogP contribution in [0, 0.1) is 0 Å². The minimum absolute atomic E-state index is 0.0133. The monoisotopic (exact) mass is 330 g/mol. The normalized spacial score (nSPS) is 21.5. The van der Waals surface area contributed by atoms with E-state index < -0.39 is 0 Å². The second-order valence-electron chi connectivity index (χ2n) is 6.64. The van der Waals surface area contributed by atoms with Crippen LogP contribution in [-0.4, -0.2) is 54.4 Å². The SMILES string of the molecule is CC[C@H](C(=O)N(C)C[C@H]1OCCc2ccccc21)N1CCCC1=O. The molecule has 0 bridgehead atoms. The van der Waals surface area contributed by atoms with E-state index in [-0.39, 0.29) is 24.0 Å². The molecule has 2 aliphatic heterocycles. The van der Waals surface area contributed by atoms with Gasteiger partial charge in [0, 0.05) is 20.0 Å². The van der Waals surface area contributed by atoms with Gasteiger partial charge in [0.25, 0.3) is 0 Å². The Bertz CT molecular complexity index is 616. The van der Waals surface area contributed by atoms with Crippen molar-refractivity contribution in [2.75, 3.05) is 26.7 Å². The highest BCUT2D eigenvalue weighted by Gasteiger charge is 2.34. The van der Waals surface area contributed by atoms with Crippen molar-refractivity contribution in [3.05, 3.63) is 35.4 Å². The van der Waals surface area contributed by atoms with Crippen LogP contribution < -0.4 is 0 Å². The van der Waals surface area contributed by atoms with Gasteiger partial charge < -0.3 is 14.5 Å². The van der Waals surface area contributed by atoms with E-state index in [1.54, 1.807) is 9.80 Å². The average molecular weight is 330 g/mol. The first-order valence-corrected chi connectivity index (χ1v) is 8.85. The van der Waals surface area contributed by atoms with Gasteiger partial charge in [0.2, 0.25) is 11.8 Å². The number of amides is 2. The van der Waals surface area contributed by atoms with Crippen LogP contribution in [0.5, 0.6) is 0 Å². The molecular weight excluding hydrogens is 304 g/mol. The molecular formula is C19H26N2O3. The zero-order valence-electron chi connectivity index (χ0n) is 14.5. The molecule has 3 rings (SSSR count). The first-order chi connectivity index (χ1) is 11.6. The predicted octanol–water partition coefficient (Wildman–Crippen LogP) is 2.16. The zero-order valence-corrected chi connectivity index (χ0v) is 14.5. The van der Waals surface area contributed by atoms with Gasteiger partial charge in [-0.05, 0) is 30.4 Å². The minimum atomic E-state index is -0.344. The fourth-order valence-electron chi connectivity index (χ4n) is 3.75. The van der Waals surface area contributed by atoms with Gasteiger partial charge in [0.1, 0.15) is 12.1 Å². The van der Waals surface area contributed by atoms with Crippen molar-refractivity contribution in [3.8, 4) is 0 Å². The molecule has 2 amide bonds. The average Bonchev–Trinajstić information content (AvgIpc) is 3.02. The van der Waals surface area contributed by atoms with Crippen molar-refractivity contribution >= 4 is 11.8 Å². The molecule has 0 aliphatic carbocycles. The first kappa shape index (κ1) is 17.0. The molecule has 2 aliphatic rings. The van der Waals surface area contributed by atoms with Gasteiger partial charge in [-0.25, -0.2) is 0 Å². The van der Waals surface area contributed by atoms with Crippen molar-refractivity contribution < 1.29 is 14.3 Å². The molecule has 0 aromatic heterocycles. The van der Waals surface area contributed by atoms with Gasteiger partial charge in [-0.3, -0.25) is 9.59 Å². The number of rotatable bonds is 5. The highest BCUT2D eigenvalue weighted by molar-refractivity contribution is 5.88. The van der Waals surface area contributed by atoms with E-state index >= 15 is 0 Å². The lowest BCUT2D eigenvalue weighted by Gasteiger charge is -2.33. The maximum absolute atomic E-state index is 12.9. The number of carbonyl (C=O) groups is 2. The summed E-state index contributed by atoms with van der Waals surface area (Å²) in [5.74, 6) is 0.113. The zero-order chi connectivity index (χ0) is 17.1. The number of likely N-dealkylation sites (N-methyl/N-ethyl adjacent to an activating group) is 1. The molecule has 0 saturated carbocycles. The molecule has 5 heteroatoms. The summed E-state index contributed by atoms with van der Waals surface area (Å²) in [7, 11) is 1.81. The molecule has 1 saturated heterocycles. The molecule has 2 heterocycles. The van der Waals surface area contributed by atoms with E-state index in [9.17, 15) is 9.59 Å². The maximum Gasteiger partial charge on any atom is 0.245 e. The van der Waals surface area contributed by atoms with Crippen LogP contribution in [0.4, 0.5) is 0 Å². The molecule has 24 heavy (non-hydrogen) atoms. The van der Waals surface area contributed by atoms with Crippen LogP contribution in [0.2, 0.25) is 0 Å². The van der Waals surface area contributed by atoms with Crippen LogP contribution in [-0.2, 0) is 20.7 Å². The lowest BCUT2D eigenvalue weighted by Crippen LogP contribution is -2.48. The number of carbonyl (C=O) groups excluding carboxylic acids is 2. The van der Waals surface area contributed by atoms with E-state index in [2.05, 4.69) is 12.1 Å². The van der Waals surface area contributed by atoms with Crippen molar-refractivity contribution in [1.82, 2.24) is 9.80 Å². The van der Waals surface area contributed by atoms with E-state index in [0.717, 1.165) is 12.8 Å². The predicted molar refractivity (Wildman–Crippen MR) is 91.5 cm³/mol. The number of hydrogen-bond donors (Lipinski definition) is 0. The topological polar surface area (TPSA) is 49.9 Å². The Morgan fingerprint density at radius 3 is 2.88 bits per heavy atom. The van der Waals surface area contributed by atoms with E-state index in [1.165, 1.54) is 11.1 Å². The Balaban J connectivity index is 1.69. The van der Waals surface area contributed by atoms with Gasteiger partial charge in [-0.1, -0.05) is 31.2 Å². The molecule has 1 aromatic rings. The largest absolute Gasteiger partial charge is 0.371 e. The summed E-state index contributed by atoms with van der Waals surface area (Å²) < 4.78 is 5.91. The van der Waals surface area contributed by atoms with Crippen LogP contribution in [0.15, 0.2) is 24.3 Å². The molecule has 130 valence electrons. The van der Waals surface area contributed by atoms with Gasteiger partial charge >= 0.3 is 0 Å². The van der Waals surface area contributed by atoms with Crippen LogP contribution in [0.3, 0.4) is 0 Å². The van der Waals surface area contributed by atoms with Gasteiger partial charge in [-0.2, -0.15) is 0 Å². The summed E-state index contributed by atoms with van der Waals surface area (Å²) in [6.45, 7) is 3.87. The summed E-state index contributed by atoms with van der Waals surface area (Å²) >= 11 is 0. The van der Waals surface area contributed by atoms with E-state index in [0.29, 0.717) is 32.5 Å². The molecule has 1 fully saturated rings. The summed E-state index contributed by atoms with van der Waals surface area (Å²) in [6.07, 6.45) is 2.90. The standard InChI is InChI=1S/C19H26N2O3/c1-3-16(21-11-6-9-18(21)22)19(23)20(2)13-17-15-8-5-4-7-14(15)10-12-24-17/h4-5,7-8,16-17H,3,6,9-13H2,1-2H3/t16-,17-/m1/s1. The van der Waals surface area contributed by atoms with Crippen LogP contribution >= 0.6 is 0 Å². The number of ether oxygens (including phenoxy) is 1. The van der Waals surface area contributed by atoms with Crippen LogP contribution in [0.25, 0.3) is 0 Å². The summed E-state index contributed by atoms with van der Waals surface area (Å²) in [4.78, 5) is 28.3. The van der Waals surface area contributed by atoms with Crippen LogP contribution in [0.1, 0.15) is 43.4 Å². The second-order valence-corrected chi connectivity index (χ2v) is 6.64. The van der Waals surface area contributed by atoms with E-state index in [4.69, 9.17) is 4.74 Å². The molecule has 5 nitrogen and oxygen atoms in total. The lowest BCUT2D eigenvalue weighted by molar-refractivity contribution is -0.144. The highest BCUT2D eigenvalue weighted by atomic mass is 16.5. The molecule has 0 spiro atoms. The smallest absolute Gasteiger partial charge is 0.245 e. The van der Waals surface area contributed by atoms with Gasteiger partial charge in [-0.15, -0.1) is 0 Å². The third kappa shape index (κ3) is 3.31. The summed E-state index contributed by atoms with van der Waals surface area (Å²) in [5.41, 5.74) is 2.48. The minimum Gasteiger partial charge on any atom is -0.371 e. The van der Waals surface area contributed by atoms with Gasteiger partial charge in [0.05, 0.1) is 13.2 Å². The first-order valence-electron chi connectivity index (χ1n) is 8.85. The number of benzene rings is 1. The maximum atomic E-state index is 12.9. The number of hydrogen-bond acceptors (Lipinski definition) is 3. The summed E-state index contributed by atoms with van der Waals surface area (Å²) in [5, 5.41) is 0. The van der Waals surface area contributed by atoms with Crippen molar-refractivity contribution in [1.29, 1.82) is 0 Å². The van der Waals surface area contributed by atoms with Crippen molar-refractivity contribution in [2.24, 2.45) is 0 Å². The van der Waals surface area contributed by atoms with Gasteiger partial charge in [0.15, 0.2) is 0 Å². The Morgan fingerprint density at radius 2 is 2.17 bits per heavy atom. The molecule has 0 unspecified atom stereocenters. The molecule has 1 aromatic carbocycles. The quantitative estimate of drug-likeness (QED) is 0.831. The summed E-state index contributed by atoms with van der Waals surface area (Å²) in [6, 6.07) is 7.93. The van der Waals surface area contributed by atoms with Crippen molar-refractivity contribution in [3.63, 3.8) is 0 Å². The third-order valence-electron chi connectivity index (χ3n) is 5.07. The van der Waals surface area contributed by atoms with Crippen molar-refractivity contribution in [2.45, 2.75) is 44.8 Å².